The highest BCUT2D eigenvalue weighted by Crippen LogP contribution is 2.40. The Balaban J connectivity index is 2.60. The maximum absolute atomic E-state index is 9.98. The number of methoxy groups -OCH3 is 2. The molecule has 0 saturated heterocycles. The van der Waals surface area contributed by atoms with Crippen LogP contribution in [0, 0.1) is 6.92 Å². The van der Waals surface area contributed by atoms with E-state index in [-0.39, 0.29) is 5.75 Å². The van der Waals surface area contributed by atoms with Gasteiger partial charge in [0.15, 0.2) is 0 Å². The van der Waals surface area contributed by atoms with Crippen LogP contribution in [0.3, 0.4) is 0 Å². The lowest BCUT2D eigenvalue weighted by Crippen LogP contribution is -1.91. The van der Waals surface area contributed by atoms with Crippen molar-refractivity contribution in [1.29, 1.82) is 0 Å². The molecule has 1 heterocycles. The van der Waals surface area contributed by atoms with Gasteiger partial charge in [-0.25, -0.2) is 0 Å². The van der Waals surface area contributed by atoms with E-state index in [1.54, 1.807) is 6.07 Å². The molecule has 2 rings (SSSR count). The Bertz CT molecular complexity index is 535. The molecule has 1 aromatic carbocycles. The number of phenolic OH excluding ortho intramolecular Hbond substituents is 1. The molecule has 0 aliphatic heterocycles. The number of phenols is 1. The second-order valence-electron chi connectivity index (χ2n) is 3.66. The number of aromatic amines is 1. The summed E-state index contributed by atoms with van der Waals surface area (Å²) in [5.74, 6) is 1.14. The normalized spacial score (nSPS) is 10.3. The number of nitrogens with zero attached hydrogens (tertiary/aromatic N) is 1. The fourth-order valence-corrected chi connectivity index (χ4v) is 1.66. The van der Waals surface area contributed by atoms with Crippen LogP contribution in [-0.4, -0.2) is 29.5 Å². The number of aromatic nitrogens is 2. The highest BCUT2D eigenvalue weighted by molar-refractivity contribution is 5.75. The predicted octanol–water partition coefficient (Wildman–Crippen LogP) is 2.11. The van der Waals surface area contributed by atoms with Crippen molar-refractivity contribution < 1.29 is 14.6 Å². The number of hydrogen-bond donors (Lipinski definition) is 2. The summed E-state index contributed by atoms with van der Waals surface area (Å²) in [6.07, 6.45) is 0. The summed E-state index contributed by atoms with van der Waals surface area (Å²) in [6.45, 7) is 1.89. The molecule has 0 fully saturated rings. The molecule has 5 heteroatoms. The molecule has 90 valence electrons. The van der Waals surface area contributed by atoms with Gasteiger partial charge in [0.05, 0.1) is 25.5 Å². The van der Waals surface area contributed by atoms with E-state index in [1.165, 1.54) is 20.3 Å². The van der Waals surface area contributed by atoms with Gasteiger partial charge in [0.25, 0.3) is 0 Å². The smallest absolute Gasteiger partial charge is 0.135 e. The summed E-state index contributed by atoms with van der Waals surface area (Å²) in [6, 6.07) is 5.07. The molecule has 0 aliphatic rings. The Hall–Kier alpha value is -2.17. The van der Waals surface area contributed by atoms with Gasteiger partial charge in [-0.15, -0.1) is 0 Å². The van der Waals surface area contributed by atoms with E-state index in [2.05, 4.69) is 10.2 Å². The molecule has 0 atom stereocenters. The van der Waals surface area contributed by atoms with E-state index in [0.29, 0.717) is 22.8 Å². The van der Waals surface area contributed by atoms with E-state index < -0.39 is 0 Å². The fourth-order valence-electron chi connectivity index (χ4n) is 1.66. The lowest BCUT2D eigenvalue weighted by atomic mass is 10.1. The summed E-state index contributed by atoms with van der Waals surface area (Å²) in [5.41, 5.74) is 2.11. The lowest BCUT2D eigenvalue weighted by molar-refractivity contribution is 0.386. The van der Waals surface area contributed by atoms with Gasteiger partial charge in [0.1, 0.15) is 17.2 Å². The minimum Gasteiger partial charge on any atom is -0.507 e. The topological polar surface area (TPSA) is 67.4 Å². The maximum atomic E-state index is 9.98. The second-order valence-corrected chi connectivity index (χ2v) is 3.66. The number of hydrogen-bond acceptors (Lipinski definition) is 4. The van der Waals surface area contributed by atoms with Gasteiger partial charge in [-0.3, -0.25) is 5.10 Å². The van der Waals surface area contributed by atoms with Crippen LogP contribution in [0.25, 0.3) is 11.3 Å². The third-order valence-corrected chi connectivity index (χ3v) is 2.47. The van der Waals surface area contributed by atoms with E-state index >= 15 is 0 Å². The molecule has 17 heavy (non-hydrogen) atoms. The minimum absolute atomic E-state index is 0.0766. The Morgan fingerprint density at radius 2 is 1.94 bits per heavy atom. The number of H-pyrrole nitrogens is 1. The van der Waals surface area contributed by atoms with Gasteiger partial charge < -0.3 is 14.6 Å². The van der Waals surface area contributed by atoms with Gasteiger partial charge in [-0.2, -0.15) is 5.10 Å². The number of aromatic hydroxyl groups is 1. The molecule has 5 nitrogen and oxygen atoms in total. The monoisotopic (exact) mass is 234 g/mol. The molecule has 0 saturated carbocycles. The van der Waals surface area contributed by atoms with Crippen LogP contribution in [0.4, 0.5) is 0 Å². The first-order valence-electron chi connectivity index (χ1n) is 5.13. The molecule has 0 radical (unpaired) electrons. The lowest BCUT2D eigenvalue weighted by Gasteiger charge is -2.10. The van der Waals surface area contributed by atoms with E-state index in [9.17, 15) is 5.11 Å². The van der Waals surface area contributed by atoms with Crippen LogP contribution in [0.5, 0.6) is 17.2 Å². The van der Waals surface area contributed by atoms with E-state index in [4.69, 9.17) is 9.47 Å². The van der Waals surface area contributed by atoms with Crippen molar-refractivity contribution in [2.45, 2.75) is 6.92 Å². The maximum Gasteiger partial charge on any atom is 0.135 e. The highest BCUT2D eigenvalue weighted by atomic mass is 16.5. The van der Waals surface area contributed by atoms with Gasteiger partial charge >= 0.3 is 0 Å². The quantitative estimate of drug-likeness (QED) is 0.853. The number of benzene rings is 1. The fraction of sp³-hybridized carbons (Fsp3) is 0.250. The SMILES string of the molecule is COc1cc(O)c(-c2cc(C)[nH]n2)c(OC)c1. The average Bonchev–Trinajstić information content (AvgIpc) is 2.74. The van der Waals surface area contributed by atoms with Crippen LogP contribution in [-0.2, 0) is 0 Å². The van der Waals surface area contributed by atoms with Crippen molar-refractivity contribution in [1.82, 2.24) is 10.2 Å². The van der Waals surface area contributed by atoms with Crippen LogP contribution >= 0.6 is 0 Å². The van der Waals surface area contributed by atoms with Crippen LogP contribution < -0.4 is 9.47 Å². The Morgan fingerprint density at radius 1 is 1.18 bits per heavy atom. The third kappa shape index (κ3) is 2.04. The molecular formula is C12H14N2O3. The van der Waals surface area contributed by atoms with Crippen molar-refractivity contribution in [3.8, 4) is 28.5 Å². The zero-order valence-electron chi connectivity index (χ0n) is 9.94. The highest BCUT2D eigenvalue weighted by Gasteiger charge is 2.16. The van der Waals surface area contributed by atoms with Crippen molar-refractivity contribution in [2.24, 2.45) is 0 Å². The molecule has 0 unspecified atom stereocenters. The molecule has 0 spiro atoms. The minimum atomic E-state index is 0.0766. The molecule has 0 bridgehead atoms. The van der Waals surface area contributed by atoms with Gasteiger partial charge in [0, 0.05) is 17.8 Å². The van der Waals surface area contributed by atoms with Crippen molar-refractivity contribution in [2.75, 3.05) is 14.2 Å². The number of nitrogens with one attached hydrogen (secondary N) is 1. The van der Waals surface area contributed by atoms with Crippen molar-refractivity contribution >= 4 is 0 Å². The predicted molar refractivity (Wildman–Crippen MR) is 63.5 cm³/mol. The van der Waals surface area contributed by atoms with Crippen LogP contribution in [0.2, 0.25) is 0 Å². The Labute approximate surface area is 99.0 Å². The Morgan fingerprint density at radius 3 is 2.47 bits per heavy atom. The largest absolute Gasteiger partial charge is 0.507 e. The number of rotatable bonds is 3. The van der Waals surface area contributed by atoms with Crippen molar-refractivity contribution in [3.05, 3.63) is 23.9 Å². The van der Waals surface area contributed by atoms with Crippen LogP contribution in [0.15, 0.2) is 18.2 Å². The summed E-state index contributed by atoms with van der Waals surface area (Å²) in [7, 11) is 3.07. The molecule has 2 aromatic rings. The average molecular weight is 234 g/mol. The standard InChI is InChI=1S/C12H14N2O3/c1-7-4-9(14-13-7)12-10(15)5-8(16-2)6-11(12)17-3/h4-6,15H,1-3H3,(H,13,14). The zero-order valence-corrected chi connectivity index (χ0v) is 9.94. The Kier molecular flexibility index (Phi) is 2.91. The summed E-state index contributed by atoms with van der Waals surface area (Å²) >= 11 is 0. The third-order valence-electron chi connectivity index (χ3n) is 2.47. The van der Waals surface area contributed by atoms with E-state index in [1.807, 2.05) is 13.0 Å². The molecule has 1 aromatic heterocycles. The molecule has 0 amide bonds. The first-order valence-corrected chi connectivity index (χ1v) is 5.13. The molecule has 2 N–H and O–H groups in total. The summed E-state index contributed by atoms with van der Waals surface area (Å²) in [4.78, 5) is 0. The summed E-state index contributed by atoms with van der Waals surface area (Å²) in [5, 5.41) is 16.9. The molecular weight excluding hydrogens is 220 g/mol. The first-order chi connectivity index (χ1) is 8.15. The van der Waals surface area contributed by atoms with Gasteiger partial charge in [0.2, 0.25) is 0 Å². The molecule has 0 aliphatic carbocycles. The second kappa shape index (κ2) is 4.37. The first kappa shape index (κ1) is 11.3. The van der Waals surface area contributed by atoms with Crippen molar-refractivity contribution in [3.63, 3.8) is 0 Å². The number of aryl methyl sites for hydroxylation is 1. The van der Waals surface area contributed by atoms with Crippen LogP contribution in [0.1, 0.15) is 5.69 Å². The van der Waals surface area contributed by atoms with E-state index in [0.717, 1.165) is 5.69 Å². The number of ether oxygens (including phenoxy) is 2. The van der Waals surface area contributed by atoms with Gasteiger partial charge in [-0.1, -0.05) is 0 Å². The zero-order chi connectivity index (χ0) is 12.4. The van der Waals surface area contributed by atoms with Gasteiger partial charge in [-0.05, 0) is 13.0 Å². The summed E-state index contributed by atoms with van der Waals surface area (Å²) < 4.78 is 10.3.